The van der Waals surface area contributed by atoms with Gasteiger partial charge in [-0.2, -0.15) is 0 Å². The third-order valence-corrected chi connectivity index (χ3v) is 10.8. The van der Waals surface area contributed by atoms with E-state index in [2.05, 4.69) is 31.3 Å². The molecule has 3 atom stereocenters. The molecular weight excluding hydrogens is 643 g/mol. The predicted octanol–water partition coefficient (Wildman–Crippen LogP) is 13.4. The molecule has 0 saturated carbocycles. The lowest BCUT2D eigenvalue weighted by Gasteiger charge is -2.21. The van der Waals surface area contributed by atoms with Crippen LogP contribution in [-0.2, 0) is 4.79 Å². The number of amides is 1. The van der Waals surface area contributed by atoms with Gasteiger partial charge in [0.1, 0.15) is 6.10 Å². The van der Waals surface area contributed by atoms with Crippen LogP contribution >= 0.6 is 0 Å². The topological polar surface area (TPSA) is 89.8 Å². The SMILES string of the molecule is CCCCCCCCCCCCCCCCCCCCC/C=C/CC/C=C/C(O)C(CO)NC(=O)C(O)CCCCCCCCCCCCCCC. The van der Waals surface area contributed by atoms with E-state index in [-0.39, 0.29) is 6.61 Å². The normalized spacial score (nSPS) is 13.7. The number of nitrogens with one attached hydrogen (secondary N) is 1. The molecule has 0 aliphatic carbocycles. The van der Waals surface area contributed by atoms with E-state index in [1.54, 1.807) is 6.08 Å². The first-order valence-corrected chi connectivity index (χ1v) is 23.2. The first kappa shape index (κ1) is 50.8. The Morgan fingerprint density at radius 2 is 0.788 bits per heavy atom. The van der Waals surface area contributed by atoms with Crippen LogP contribution in [0.2, 0.25) is 0 Å². The van der Waals surface area contributed by atoms with Crippen molar-refractivity contribution in [3.8, 4) is 0 Å². The molecule has 0 spiro atoms. The van der Waals surface area contributed by atoms with E-state index in [4.69, 9.17) is 0 Å². The quantitative estimate of drug-likeness (QED) is 0.0371. The Labute approximate surface area is 324 Å². The van der Waals surface area contributed by atoms with E-state index in [1.165, 1.54) is 186 Å². The number of unbranched alkanes of at least 4 members (excludes halogenated alkanes) is 32. The molecule has 0 aliphatic heterocycles. The van der Waals surface area contributed by atoms with Crippen molar-refractivity contribution in [1.29, 1.82) is 0 Å². The third-order valence-electron chi connectivity index (χ3n) is 10.8. The lowest BCUT2D eigenvalue weighted by molar-refractivity contribution is -0.131. The van der Waals surface area contributed by atoms with Gasteiger partial charge >= 0.3 is 0 Å². The number of aliphatic hydroxyl groups excluding tert-OH is 3. The molecule has 0 saturated heterocycles. The summed E-state index contributed by atoms with van der Waals surface area (Å²) in [4.78, 5) is 12.4. The highest BCUT2D eigenvalue weighted by atomic mass is 16.3. The van der Waals surface area contributed by atoms with Gasteiger partial charge < -0.3 is 20.6 Å². The predicted molar refractivity (Wildman–Crippen MR) is 227 cm³/mol. The molecule has 5 nitrogen and oxygen atoms in total. The van der Waals surface area contributed by atoms with Gasteiger partial charge in [0.2, 0.25) is 5.91 Å². The van der Waals surface area contributed by atoms with E-state index >= 15 is 0 Å². The molecule has 0 aromatic rings. The summed E-state index contributed by atoms with van der Waals surface area (Å²) < 4.78 is 0. The summed E-state index contributed by atoms with van der Waals surface area (Å²) in [5, 5.41) is 33.1. The molecule has 0 fully saturated rings. The Balaban J connectivity index is 3.64. The van der Waals surface area contributed by atoms with Gasteiger partial charge in [-0.15, -0.1) is 0 Å². The molecule has 308 valence electrons. The zero-order valence-corrected chi connectivity index (χ0v) is 35.0. The molecule has 3 unspecified atom stereocenters. The van der Waals surface area contributed by atoms with Crippen molar-refractivity contribution in [2.24, 2.45) is 0 Å². The van der Waals surface area contributed by atoms with Crippen molar-refractivity contribution in [1.82, 2.24) is 5.32 Å². The molecule has 4 N–H and O–H groups in total. The number of allylic oxidation sites excluding steroid dienone is 3. The van der Waals surface area contributed by atoms with Crippen LogP contribution < -0.4 is 5.32 Å². The highest BCUT2D eigenvalue weighted by Gasteiger charge is 2.22. The van der Waals surface area contributed by atoms with Gasteiger partial charge in [0.05, 0.1) is 18.8 Å². The standard InChI is InChI=1S/C47H91NO4/c1-3-5-7-9-11-13-15-17-18-19-20-21-22-23-24-25-26-27-28-30-31-33-35-37-39-41-45(50)44(43-49)48-47(52)46(51)42-40-38-36-34-32-29-16-14-12-10-8-6-4-2/h31,33,39,41,44-46,49-51H,3-30,32,34-38,40,42-43H2,1-2H3,(H,48,52)/b33-31+,41-39+. The molecule has 52 heavy (non-hydrogen) atoms. The molecule has 1 amide bonds. The van der Waals surface area contributed by atoms with Crippen LogP contribution in [0.5, 0.6) is 0 Å². The zero-order valence-electron chi connectivity index (χ0n) is 35.0. The lowest BCUT2D eigenvalue weighted by Crippen LogP contribution is -2.48. The second kappa shape index (κ2) is 42.6. The summed E-state index contributed by atoms with van der Waals surface area (Å²) >= 11 is 0. The van der Waals surface area contributed by atoms with Crippen LogP contribution in [0, 0.1) is 0 Å². The monoisotopic (exact) mass is 734 g/mol. The summed E-state index contributed by atoms with van der Waals surface area (Å²) in [5.74, 6) is -0.511. The van der Waals surface area contributed by atoms with E-state index in [9.17, 15) is 20.1 Å². The van der Waals surface area contributed by atoms with Crippen molar-refractivity contribution >= 4 is 5.91 Å². The average molecular weight is 734 g/mol. The van der Waals surface area contributed by atoms with Crippen molar-refractivity contribution in [2.75, 3.05) is 6.61 Å². The highest BCUT2D eigenvalue weighted by Crippen LogP contribution is 2.16. The first-order chi connectivity index (χ1) is 25.6. The summed E-state index contributed by atoms with van der Waals surface area (Å²) in [6, 6.07) is -0.810. The third kappa shape index (κ3) is 37.2. The fourth-order valence-electron chi connectivity index (χ4n) is 7.14. The molecular formula is C47H91NO4. The molecule has 0 aromatic heterocycles. The van der Waals surface area contributed by atoms with Gasteiger partial charge in [0.25, 0.3) is 0 Å². The molecule has 0 bridgehead atoms. The largest absolute Gasteiger partial charge is 0.394 e. The maximum atomic E-state index is 12.4. The number of aliphatic hydroxyl groups is 3. The van der Waals surface area contributed by atoms with Crippen LogP contribution in [-0.4, -0.2) is 46.1 Å². The fourth-order valence-corrected chi connectivity index (χ4v) is 7.14. The number of carbonyl (C=O) groups is 1. The van der Waals surface area contributed by atoms with Crippen LogP contribution in [0.4, 0.5) is 0 Å². The Hall–Kier alpha value is -1.17. The molecule has 0 radical (unpaired) electrons. The van der Waals surface area contributed by atoms with Gasteiger partial charge in [-0.1, -0.05) is 237 Å². The maximum Gasteiger partial charge on any atom is 0.249 e. The van der Waals surface area contributed by atoms with Crippen LogP contribution in [0.1, 0.15) is 245 Å². The van der Waals surface area contributed by atoms with Crippen molar-refractivity contribution in [3.05, 3.63) is 24.3 Å². The van der Waals surface area contributed by atoms with Crippen molar-refractivity contribution in [3.63, 3.8) is 0 Å². The summed E-state index contributed by atoms with van der Waals surface area (Å²) in [6.07, 6.45) is 52.3. The second-order valence-corrected chi connectivity index (χ2v) is 16.0. The zero-order chi connectivity index (χ0) is 38.0. The Morgan fingerprint density at radius 3 is 1.17 bits per heavy atom. The van der Waals surface area contributed by atoms with E-state index in [0.717, 1.165) is 38.5 Å². The van der Waals surface area contributed by atoms with Crippen LogP contribution in [0.15, 0.2) is 24.3 Å². The molecule has 0 heterocycles. The second-order valence-electron chi connectivity index (χ2n) is 16.0. The Kier molecular flexibility index (Phi) is 41.6. The molecule has 0 aliphatic rings. The van der Waals surface area contributed by atoms with Gasteiger partial charge in [0.15, 0.2) is 0 Å². The number of hydrogen-bond donors (Lipinski definition) is 4. The smallest absolute Gasteiger partial charge is 0.249 e. The number of hydrogen-bond acceptors (Lipinski definition) is 4. The van der Waals surface area contributed by atoms with Gasteiger partial charge in [-0.3, -0.25) is 4.79 Å². The summed E-state index contributed by atoms with van der Waals surface area (Å²) in [5.41, 5.74) is 0. The summed E-state index contributed by atoms with van der Waals surface area (Å²) in [7, 11) is 0. The minimum atomic E-state index is -1.10. The van der Waals surface area contributed by atoms with Gasteiger partial charge in [-0.25, -0.2) is 0 Å². The summed E-state index contributed by atoms with van der Waals surface area (Å²) in [6.45, 7) is 4.18. The lowest BCUT2D eigenvalue weighted by atomic mass is 10.0. The minimum Gasteiger partial charge on any atom is -0.394 e. The van der Waals surface area contributed by atoms with E-state index in [0.29, 0.717) is 6.42 Å². The Morgan fingerprint density at radius 1 is 0.462 bits per heavy atom. The first-order valence-electron chi connectivity index (χ1n) is 23.2. The molecule has 0 aromatic carbocycles. The van der Waals surface area contributed by atoms with Crippen LogP contribution in [0.25, 0.3) is 0 Å². The maximum absolute atomic E-state index is 12.4. The fraction of sp³-hybridized carbons (Fsp3) is 0.894. The molecule has 5 heteroatoms. The minimum absolute atomic E-state index is 0.373. The van der Waals surface area contributed by atoms with Gasteiger partial charge in [0, 0.05) is 0 Å². The molecule has 0 rings (SSSR count). The highest BCUT2D eigenvalue weighted by molar-refractivity contribution is 5.80. The number of rotatable bonds is 42. The average Bonchev–Trinajstić information content (AvgIpc) is 3.15. The van der Waals surface area contributed by atoms with Crippen LogP contribution in [0.3, 0.4) is 0 Å². The van der Waals surface area contributed by atoms with Crippen molar-refractivity contribution in [2.45, 2.75) is 263 Å². The van der Waals surface area contributed by atoms with Crippen molar-refractivity contribution < 1.29 is 20.1 Å². The number of carbonyl (C=O) groups excluding carboxylic acids is 1. The van der Waals surface area contributed by atoms with E-state index < -0.39 is 24.2 Å². The van der Waals surface area contributed by atoms with E-state index in [1.807, 2.05) is 6.08 Å². The van der Waals surface area contributed by atoms with Gasteiger partial charge in [-0.05, 0) is 32.1 Å². The Bertz CT molecular complexity index is 768.